The first-order valence-electron chi connectivity index (χ1n) is 7.75. The molecule has 1 saturated carbocycles. The van der Waals surface area contributed by atoms with Gasteiger partial charge >= 0.3 is 0 Å². The third-order valence-electron chi connectivity index (χ3n) is 3.89. The molecule has 1 saturated heterocycles. The number of hydrogen-bond acceptors (Lipinski definition) is 4. The van der Waals surface area contributed by atoms with Gasteiger partial charge in [-0.25, -0.2) is 0 Å². The Morgan fingerprint density at radius 1 is 1.20 bits per heavy atom. The Labute approximate surface area is 121 Å². The quantitative estimate of drug-likeness (QED) is 0.891. The molecule has 4 nitrogen and oxygen atoms in total. The number of nitrogens with zero attached hydrogens (tertiary/aromatic N) is 2. The van der Waals surface area contributed by atoms with Gasteiger partial charge < -0.3 is 10.1 Å². The van der Waals surface area contributed by atoms with E-state index in [-0.39, 0.29) is 0 Å². The Morgan fingerprint density at radius 2 is 1.90 bits per heavy atom. The summed E-state index contributed by atoms with van der Waals surface area (Å²) in [6, 6.07) is 7.11. The number of morpholine rings is 1. The molecule has 110 valence electrons. The second kappa shape index (κ2) is 6.20. The van der Waals surface area contributed by atoms with Crippen molar-refractivity contribution >= 4 is 0 Å². The molecule has 2 heterocycles. The van der Waals surface area contributed by atoms with Crippen LogP contribution in [0.3, 0.4) is 0 Å². The molecule has 20 heavy (non-hydrogen) atoms. The molecule has 4 heteroatoms. The van der Waals surface area contributed by atoms with Gasteiger partial charge in [-0.1, -0.05) is 6.07 Å². The standard InChI is InChI=1S/C16H25N3O/c1-12-9-19(10-13(2)20-12)11-16-5-3-4-15(18-16)8-17-14-6-7-14/h3-5,12-14,17H,6-11H2,1-2H3/t12-,13+. The third kappa shape index (κ3) is 4.01. The average molecular weight is 275 g/mol. The van der Waals surface area contributed by atoms with E-state index in [0.29, 0.717) is 12.2 Å². The van der Waals surface area contributed by atoms with Crippen molar-refractivity contribution < 1.29 is 4.74 Å². The van der Waals surface area contributed by atoms with Crippen LogP contribution >= 0.6 is 0 Å². The van der Waals surface area contributed by atoms with E-state index in [2.05, 4.69) is 42.3 Å². The van der Waals surface area contributed by atoms with Crippen LogP contribution in [0.2, 0.25) is 0 Å². The molecular formula is C16H25N3O. The van der Waals surface area contributed by atoms with Crippen molar-refractivity contribution in [2.75, 3.05) is 13.1 Å². The number of rotatable bonds is 5. The SMILES string of the molecule is C[C@@H]1CN(Cc2cccc(CNC3CC3)n2)C[C@H](C)O1. The topological polar surface area (TPSA) is 37.4 Å². The summed E-state index contributed by atoms with van der Waals surface area (Å²) < 4.78 is 5.78. The summed E-state index contributed by atoms with van der Waals surface area (Å²) in [6.07, 6.45) is 3.28. The minimum atomic E-state index is 0.318. The maximum atomic E-state index is 5.78. The van der Waals surface area contributed by atoms with Crippen molar-refractivity contribution in [3.05, 3.63) is 29.6 Å². The molecule has 0 aromatic carbocycles. The lowest BCUT2D eigenvalue weighted by Crippen LogP contribution is -2.44. The highest BCUT2D eigenvalue weighted by Crippen LogP contribution is 2.19. The second-order valence-corrected chi connectivity index (χ2v) is 6.23. The van der Waals surface area contributed by atoms with Gasteiger partial charge in [-0.05, 0) is 38.8 Å². The molecule has 0 unspecified atom stereocenters. The molecule has 0 spiro atoms. The highest BCUT2D eigenvalue weighted by molar-refractivity contribution is 5.11. The van der Waals surface area contributed by atoms with Crippen molar-refractivity contribution in [2.24, 2.45) is 0 Å². The summed E-state index contributed by atoms with van der Waals surface area (Å²) in [5.74, 6) is 0. The minimum Gasteiger partial charge on any atom is -0.373 e. The Kier molecular flexibility index (Phi) is 4.34. The van der Waals surface area contributed by atoms with Gasteiger partial charge in [-0.3, -0.25) is 9.88 Å². The van der Waals surface area contributed by atoms with E-state index in [4.69, 9.17) is 9.72 Å². The highest BCUT2D eigenvalue weighted by atomic mass is 16.5. The zero-order valence-electron chi connectivity index (χ0n) is 12.5. The normalized spacial score (nSPS) is 27.7. The van der Waals surface area contributed by atoms with Gasteiger partial charge in [0.05, 0.1) is 23.6 Å². The van der Waals surface area contributed by atoms with Crippen molar-refractivity contribution in [3.63, 3.8) is 0 Å². The molecule has 1 aromatic rings. The molecule has 0 amide bonds. The Hall–Kier alpha value is -0.970. The van der Waals surface area contributed by atoms with E-state index in [1.807, 2.05) is 0 Å². The van der Waals surface area contributed by atoms with Crippen LogP contribution in [0.1, 0.15) is 38.1 Å². The van der Waals surface area contributed by atoms with Gasteiger partial charge in [0.2, 0.25) is 0 Å². The summed E-state index contributed by atoms with van der Waals surface area (Å²) >= 11 is 0. The molecule has 1 aromatic heterocycles. The predicted molar refractivity (Wildman–Crippen MR) is 79.4 cm³/mol. The van der Waals surface area contributed by atoms with Crippen LogP contribution in [-0.2, 0) is 17.8 Å². The Morgan fingerprint density at radius 3 is 2.60 bits per heavy atom. The van der Waals surface area contributed by atoms with E-state index >= 15 is 0 Å². The maximum Gasteiger partial charge on any atom is 0.0678 e. The molecule has 0 bridgehead atoms. The molecule has 2 atom stereocenters. The number of nitrogens with one attached hydrogen (secondary N) is 1. The fraction of sp³-hybridized carbons (Fsp3) is 0.688. The zero-order valence-corrected chi connectivity index (χ0v) is 12.5. The van der Waals surface area contributed by atoms with E-state index < -0.39 is 0 Å². The number of aromatic nitrogens is 1. The van der Waals surface area contributed by atoms with Crippen LogP contribution in [0, 0.1) is 0 Å². The number of pyridine rings is 1. The largest absolute Gasteiger partial charge is 0.373 e. The predicted octanol–water partition coefficient (Wildman–Crippen LogP) is 1.94. The summed E-state index contributed by atoms with van der Waals surface area (Å²) in [7, 11) is 0. The molecule has 3 rings (SSSR count). The number of hydrogen-bond donors (Lipinski definition) is 1. The van der Waals surface area contributed by atoms with Crippen molar-refractivity contribution in [3.8, 4) is 0 Å². The van der Waals surface area contributed by atoms with Crippen LogP contribution in [-0.4, -0.2) is 41.2 Å². The van der Waals surface area contributed by atoms with E-state index in [0.717, 1.165) is 37.9 Å². The minimum absolute atomic E-state index is 0.318. The molecule has 2 aliphatic rings. The first-order chi connectivity index (χ1) is 9.69. The fourth-order valence-electron chi connectivity index (χ4n) is 2.89. The van der Waals surface area contributed by atoms with Gasteiger partial charge in [-0.15, -0.1) is 0 Å². The number of ether oxygens (including phenoxy) is 1. The highest BCUT2D eigenvalue weighted by Gasteiger charge is 2.23. The molecule has 1 aliphatic carbocycles. The third-order valence-corrected chi connectivity index (χ3v) is 3.89. The Bertz CT molecular complexity index is 437. The molecular weight excluding hydrogens is 250 g/mol. The van der Waals surface area contributed by atoms with Gasteiger partial charge in [0, 0.05) is 32.2 Å². The van der Waals surface area contributed by atoms with Crippen LogP contribution in [0.25, 0.3) is 0 Å². The Balaban J connectivity index is 1.57. The molecule has 0 radical (unpaired) electrons. The van der Waals surface area contributed by atoms with Gasteiger partial charge in [0.15, 0.2) is 0 Å². The maximum absolute atomic E-state index is 5.78. The lowest BCUT2D eigenvalue weighted by atomic mass is 10.2. The van der Waals surface area contributed by atoms with Gasteiger partial charge in [0.1, 0.15) is 0 Å². The van der Waals surface area contributed by atoms with Crippen LogP contribution in [0.5, 0.6) is 0 Å². The lowest BCUT2D eigenvalue weighted by Gasteiger charge is -2.35. The monoisotopic (exact) mass is 275 g/mol. The second-order valence-electron chi connectivity index (χ2n) is 6.23. The zero-order chi connectivity index (χ0) is 13.9. The van der Waals surface area contributed by atoms with Crippen LogP contribution in [0.4, 0.5) is 0 Å². The fourth-order valence-corrected chi connectivity index (χ4v) is 2.89. The van der Waals surface area contributed by atoms with Gasteiger partial charge in [0.25, 0.3) is 0 Å². The summed E-state index contributed by atoms with van der Waals surface area (Å²) in [4.78, 5) is 7.22. The molecule has 2 fully saturated rings. The molecule has 1 N–H and O–H groups in total. The van der Waals surface area contributed by atoms with E-state index in [9.17, 15) is 0 Å². The van der Waals surface area contributed by atoms with Gasteiger partial charge in [-0.2, -0.15) is 0 Å². The average Bonchev–Trinajstić information content (AvgIpc) is 3.19. The first-order valence-corrected chi connectivity index (χ1v) is 7.75. The van der Waals surface area contributed by atoms with Crippen LogP contribution < -0.4 is 5.32 Å². The van der Waals surface area contributed by atoms with Crippen molar-refractivity contribution in [1.82, 2.24) is 15.2 Å². The summed E-state index contributed by atoms with van der Waals surface area (Å²) in [6.45, 7) is 8.11. The van der Waals surface area contributed by atoms with Crippen molar-refractivity contribution in [2.45, 2.75) is 58.0 Å². The van der Waals surface area contributed by atoms with E-state index in [1.54, 1.807) is 0 Å². The summed E-state index contributed by atoms with van der Waals surface area (Å²) in [5.41, 5.74) is 2.32. The lowest BCUT2D eigenvalue weighted by molar-refractivity contribution is -0.0707. The van der Waals surface area contributed by atoms with Crippen LogP contribution in [0.15, 0.2) is 18.2 Å². The smallest absolute Gasteiger partial charge is 0.0678 e. The van der Waals surface area contributed by atoms with Crippen molar-refractivity contribution in [1.29, 1.82) is 0 Å². The first kappa shape index (κ1) is 14.0. The van der Waals surface area contributed by atoms with E-state index in [1.165, 1.54) is 18.5 Å². The summed E-state index contributed by atoms with van der Waals surface area (Å²) in [5, 5.41) is 3.52. The molecule has 1 aliphatic heterocycles.